The van der Waals surface area contributed by atoms with Gasteiger partial charge in [-0.2, -0.15) is 0 Å². The summed E-state index contributed by atoms with van der Waals surface area (Å²) in [5, 5.41) is 2.68. The van der Waals surface area contributed by atoms with E-state index >= 15 is 0 Å². The number of benzene rings is 3. The van der Waals surface area contributed by atoms with E-state index in [1.165, 1.54) is 7.11 Å². The molecule has 1 atom stereocenters. The number of rotatable bonds is 13. The Hall–Kier alpha value is -3.84. The Labute approximate surface area is 206 Å². The second-order valence-electron chi connectivity index (χ2n) is 7.81. The van der Waals surface area contributed by atoms with E-state index in [4.69, 9.17) is 18.9 Å². The largest absolute Gasteiger partial charge is 0.485 e. The molecule has 0 bridgehead atoms. The molecule has 184 valence electrons. The highest BCUT2D eigenvalue weighted by Crippen LogP contribution is 2.30. The SMILES string of the molecule is CCOCC(=O)N[C@H](Cc1ccc(OCc2ccccc2)c(OCc2ccccc2)c1)C(=O)OC. The maximum atomic E-state index is 12.3. The highest BCUT2D eigenvalue weighted by atomic mass is 16.5. The Morgan fingerprint density at radius 3 is 1.97 bits per heavy atom. The molecule has 3 aromatic rings. The van der Waals surface area contributed by atoms with Gasteiger partial charge in [0.25, 0.3) is 0 Å². The minimum absolute atomic E-state index is 0.123. The molecule has 0 aliphatic heterocycles. The van der Waals surface area contributed by atoms with E-state index in [0.717, 1.165) is 16.7 Å². The van der Waals surface area contributed by atoms with Gasteiger partial charge in [-0.3, -0.25) is 4.79 Å². The molecule has 1 amide bonds. The summed E-state index contributed by atoms with van der Waals surface area (Å²) in [6.07, 6.45) is 0.227. The summed E-state index contributed by atoms with van der Waals surface area (Å²) in [4.78, 5) is 24.4. The van der Waals surface area contributed by atoms with Crippen LogP contribution in [0.5, 0.6) is 11.5 Å². The van der Waals surface area contributed by atoms with Crippen molar-refractivity contribution in [3.63, 3.8) is 0 Å². The first kappa shape index (κ1) is 25.8. The summed E-state index contributed by atoms with van der Waals surface area (Å²) in [5.74, 6) is 0.215. The minimum atomic E-state index is -0.856. The number of nitrogens with one attached hydrogen (secondary N) is 1. The monoisotopic (exact) mass is 477 g/mol. The second kappa shape index (κ2) is 13.8. The van der Waals surface area contributed by atoms with E-state index in [-0.39, 0.29) is 18.9 Å². The average Bonchev–Trinajstić information content (AvgIpc) is 2.90. The van der Waals surface area contributed by atoms with Gasteiger partial charge in [0, 0.05) is 13.0 Å². The fourth-order valence-electron chi connectivity index (χ4n) is 3.38. The normalized spacial score (nSPS) is 11.4. The molecule has 0 aliphatic carbocycles. The zero-order chi connectivity index (χ0) is 24.9. The Morgan fingerprint density at radius 2 is 1.40 bits per heavy atom. The number of ether oxygens (including phenoxy) is 4. The molecule has 0 fully saturated rings. The quantitative estimate of drug-likeness (QED) is 0.374. The van der Waals surface area contributed by atoms with Crippen molar-refractivity contribution in [2.75, 3.05) is 20.3 Å². The lowest BCUT2D eigenvalue weighted by Gasteiger charge is -2.18. The summed E-state index contributed by atoms with van der Waals surface area (Å²) in [6, 6.07) is 24.3. The van der Waals surface area contributed by atoms with Crippen LogP contribution in [0.1, 0.15) is 23.6 Å². The molecule has 0 saturated heterocycles. The first-order valence-corrected chi connectivity index (χ1v) is 11.5. The zero-order valence-electron chi connectivity index (χ0n) is 20.1. The highest BCUT2D eigenvalue weighted by Gasteiger charge is 2.23. The second-order valence-corrected chi connectivity index (χ2v) is 7.81. The van der Waals surface area contributed by atoms with Crippen LogP contribution in [0.4, 0.5) is 0 Å². The third-order valence-corrected chi connectivity index (χ3v) is 5.18. The first-order valence-electron chi connectivity index (χ1n) is 11.5. The molecule has 0 spiro atoms. The number of carbonyl (C=O) groups excluding carboxylic acids is 2. The number of carbonyl (C=O) groups is 2. The summed E-state index contributed by atoms with van der Waals surface area (Å²) >= 11 is 0. The van der Waals surface area contributed by atoms with Gasteiger partial charge < -0.3 is 24.3 Å². The summed E-state index contributed by atoms with van der Waals surface area (Å²) in [5.41, 5.74) is 2.84. The van der Waals surface area contributed by atoms with Crippen LogP contribution in [0.25, 0.3) is 0 Å². The van der Waals surface area contributed by atoms with Crippen LogP contribution in [0.15, 0.2) is 78.9 Å². The fourth-order valence-corrected chi connectivity index (χ4v) is 3.38. The van der Waals surface area contributed by atoms with Crippen molar-refractivity contribution < 1.29 is 28.5 Å². The van der Waals surface area contributed by atoms with E-state index in [9.17, 15) is 9.59 Å². The average molecular weight is 478 g/mol. The van der Waals surface area contributed by atoms with E-state index in [1.54, 1.807) is 6.92 Å². The van der Waals surface area contributed by atoms with Crippen molar-refractivity contribution in [1.82, 2.24) is 5.32 Å². The molecule has 0 unspecified atom stereocenters. The molecule has 0 aromatic heterocycles. The molecule has 3 aromatic carbocycles. The lowest BCUT2D eigenvalue weighted by Crippen LogP contribution is -2.44. The fraction of sp³-hybridized carbons (Fsp3) is 0.286. The molecule has 0 saturated carbocycles. The van der Waals surface area contributed by atoms with Crippen molar-refractivity contribution in [3.8, 4) is 11.5 Å². The number of methoxy groups -OCH3 is 1. The van der Waals surface area contributed by atoms with Gasteiger partial charge in [-0.05, 0) is 35.7 Å². The smallest absolute Gasteiger partial charge is 0.328 e. The minimum Gasteiger partial charge on any atom is -0.485 e. The lowest BCUT2D eigenvalue weighted by atomic mass is 10.0. The third-order valence-electron chi connectivity index (χ3n) is 5.18. The third kappa shape index (κ3) is 8.46. The molecule has 7 nitrogen and oxygen atoms in total. The molecule has 0 aliphatic rings. The van der Waals surface area contributed by atoms with Crippen molar-refractivity contribution in [3.05, 3.63) is 95.6 Å². The lowest BCUT2D eigenvalue weighted by molar-refractivity contribution is -0.145. The molecule has 7 heteroatoms. The van der Waals surface area contributed by atoms with Crippen LogP contribution in [-0.4, -0.2) is 38.2 Å². The van der Waals surface area contributed by atoms with Crippen LogP contribution in [0, 0.1) is 0 Å². The maximum Gasteiger partial charge on any atom is 0.328 e. The highest BCUT2D eigenvalue weighted by molar-refractivity contribution is 5.85. The van der Waals surface area contributed by atoms with Crippen LogP contribution < -0.4 is 14.8 Å². The van der Waals surface area contributed by atoms with E-state index in [1.807, 2.05) is 78.9 Å². The van der Waals surface area contributed by atoms with Gasteiger partial charge in [0.1, 0.15) is 25.9 Å². The van der Waals surface area contributed by atoms with Crippen LogP contribution in [0.2, 0.25) is 0 Å². The van der Waals surface area contributed by atoms with E-state index in [0.29, 0.717) is 31.3 Å². The number of hydrogen-bond acceptors (Lipinski definition) is 6. The van der Waals surface area contributed by atoms with Crippen molar-refractivity contribution in [2.45, 2.75) is 32.6 Å². The van der Waals surface area contributed by atoms with Crippen LogP contribution in [0.3, 0.4) is 0 Å². The molecule has 1 N–H and O–H groups in total. The predicted molar refractivity (Wildman–Crippen MR) is 132 cm³/mol. The standard InChI is InChI=1S/C28H31NO6/c1-3-33-20-27(30)29-24(28(31)32-2)16-23-14-15-25(34-18-21-10-6-4-7-11-21)26(17-23)35-19-22-12-8-5-9-13-22/h4-15,17,24H,3,16,18-20H2,1-2H3,(H,29,30)/t24-/m1/s1. The van der Waals surface area contributed by atoms with Crippen LogP contribution in [-0.2, 0) is 38.7 Å². The Morgan fingerprint density at radius 1 is 0.800 bits per heavy atom. The van der Waals surface area contributed by atoms with Crippen molar-refractivity contribution in [1.29, 1.82) is 0 Å². The van der Waals surface area contributed by atoms with Gasteiger partial charge in [-0.15, -0.1) is 0 Å². The predicted octanol–water partition coefficient (Wildman–Crippen LogP) is 4.08. The summed E-state index contributed by atoms with van der Waals surface area (Å²) in [6.45, 7) is 2.83. The first-order chi connectivity index (χ1) is 17.1. The topological polar surface area (TPSA) is 83.1 Å². The summed E-state index contributed by atoms with van der Waals surface area (Å²) in [7, 11) is 1.29. The maximum absolute atomic E-state index is 12.3. The van der Waals surface area contributed by atoms with Gasteiger partial charge in [0.15, 0.2) is 11.5 Å². The molecular formula is C28H31NO6. The van der Waals surface area contributed by atoms with Crippen molar-refractivity contribution in [2.24, 2.45) is 0 Å². The molecule has 0 heterocycles. The van der Waals surface area contributed by atoms with Gasteiger partial charge in [-0.25, -0.2) is 4.79 Å². The van der Waals surface area contributed by atoms with Crippen LogP contribution >= 0.6 is 0 Å². The Balaban J connectivity index is 1.77. The Kier molecular flexibility index (Phi) is 10.1. The van der Waals surface area contributed by atoms with Gasteiger partial charge in [0.2, 0.25) is 5.91 Å². The molecular weight excluding hydrogens is 446 g/mol. The Bertz CT molecular complexity index is 1070. The van der Waals surface area contributed by atoms with Crippen molar-refractivity contribution >= 4 is 11.9 Å². The van der Waals surface area contributed by atoms with Gasteiger partial charge >= 0.3 is 5.97 Å². The van der Waals surface area contributed by atoms with E-state index in [2.05, 4.69) is 5.32 Å². The summed E-state index contributed by atoms with van der Waals surface area (Å²) < 4.78 is 22.2. The zero-order valence-corrected chi connectivity index (χ0v) is 20.1. The number of amides is 1. The number of hydrogen-bond donors (Lipinski definition) is 1. The van der Waals surface area contributed by atoms with E-state index < -0.39 is 12.0 Å². The molecule has 0 radical (unpaired) electrons. The van der Waals surface area contributed by atoms with Gasteiger partial charge in [0.05, 0.1) is 7.11 Å². The molecule has 35 heavy (non-hydrogen) atoms. The number of esters is 1. The molecule has 3 rings (SSSR count). The van der Waals surface area contributed by atoms with Gasteiger partial charge in [-0.1, -0.05) is 66.7 Å².